The highest BCUT2D eigenvalue weighted by molar-refractivity contribution is 6.30. The lowest BCUT2D eigenvalue weighted by Crippen LogP contribution is -2.38. The Morgan fingerprint density at radius 3 is 2.59 bits per heavy atom. The van der Waals surface area contributed by atoms with E-state index in [0.29, 0.717) is 16.7 Å². The van der Waals surface area contributed by atoms with Crippen molar-refractivity contribution in [1.82, 2.24) is 5.32 Å². The molecule has 5 heteroatoms. The van der Waals surface area contributed by atoms with Gasteiger partial charge in [-0.1, -0.05) is 18.5 Å². The van der Waals surface area contributed by atoms with Gasteiger partial charge >= 0.3 is 0 Å². The molecule has 0 saturated heterocycles. The lowest BCUT2D eigenvalue weighted by molar-refractivity contribution is -0.123. The minimum Gasteiger partial charge on any atom is -0.484 e. The third-order valence-corrected chi connectivity index (χ3v) is 2.85. The van der Waals surface area contributed by atoms with Crippen LogP contribution in [0, 0.1) is 0 Å². The van der Waals surface area contributed by atoms with Crippen LogP contribution in [0.2, 0.25) is 5.02 Å². The van der Waals surface area contributed by atoms with Crippen LogP contribution in [0.3, 0.4) is 0 Å². The Morgan fingerprint density at radius 1 is 1.41 bits per heavy atom. The second kappa shape index (κ2) is 7.41. The largest absolute Gasteiger partial charge is 0.484 e. The third-order valence-electron chi connectivity index (χ3n) is 2.23. The van der Waals surface area contributed by atoms with Crippen LogP contribution in [-0.2, 0) is 4.79 Å². The van der Waals surface area contributed by atoms with Gasteiger partial charge in [-0.25, -0.2) is 0 Å². The first-order valence-corrected chi connectivity index (χ1v) is 6.30. The van der Waals surface area contributed by atoms with E-state index in [-0.39, 0.29) is 18.6 Å². The molecule has 1 unspecified atom stereocenters. The van der Waals surface area contributed by atoms with E-state index in [0.717, 1.165) is 6.42 Å². The summed E-state index contributed by atoms with van der Waals surface area (Å²) in [5.41, 5.74) is 0. The highest BCUT2D eigenvalue weighted by Crippen LogP contribution is 2.15. The highest BCUT2D eigenvalue weighted by atomic mass is 35.5. The predicted octanol–water partition coefficient (Wildman–Crippen LogP) is 2.85. The van der Waals surface area contributed by atoms with Gasteiger partial charge in [-0.15, -0.1) is 11.6 Å². The normalized spacial score (nSPS) is 11.9. The van der Waals surface area contributed by atoms with Crippen LogP contribution >= 0.6 is 23.2 Å². The van der Waals surface area contributed by atoms with Crippen molar-refractivity contribution in [3.8, 4) is 5.75 Å². The SMILES string of the molecule is CCC(CCl)NC(=O)COc1ccc(Cl)cc1. The van der Waals surface area contributed by atoms with E-state index in [1.54, 1.807) is 24.3 Å². The number of hydrogen-bond donors (Lipinski definition) is 1. The van der Waals surface area contributed by atoms with Gasteiger partial charge in [0.15, 0.2) is 6.61 Å². The topological polar surface area (TPSA) is 38.3 Å². The number of ether oxygens (including phenoxy) is 1. The first-order valence-electron chi connectivity index (χ1n) is 5.39. The van der Waals surface area contributed by atoms with E-state index < -0.39 is 0 Å². The minimum absolute atomic E-state index is 0.00187. The maximum Gasteiger partial charge on any atom is 0.258 e. The van der Waals surface area contributed by atoms with Gasteiger partial charge in [0.1, 0.15) is 5.75 Å². The Hall–Kier alpha value is -0.930. The smallest absolute Gasteiger partial charge is 0.258 e. The van der Waals surface area contributed by atoms with Crippen LogP contribution in [0.1, 0.15) is 13.3 Å². The average Bonchev–Trinajstić information content (AvgIpc) is 2.35. The van der Waals surface area contributed by atoms with Crippen molar-refractivity contribution >= 4 is 29.1 Å². The van der Waals surface area contributed by atoms with E-state index in [9.17, 15) is 4.79 Å². The van der Waals surface area contributed by atoms with Gasteiger partial charge < -0.3 is 10.1 Å². The number of carbonyl (C=O) groups excluding carboxylic acids is 1. The minimum atomic E-state index is -0.174. The molecular formula is C12H15Cl2NO2. The molecule has 0 radical (unpaired) electrons. The summed E-state index contributed by atoms with van der Waals surface area (Å²) in [7, 11) is 0. The van der Waals surface area contributed by atoms with Crippen LogP contribution in [0.5, 0.6) is 5.75 Å². The van der Waals surface area contributed by atoms with Crippen LogP contribution in [0.4, 0.5) is 0 Å². The van der Waals surface area contributed by atoms with E-state index >= 15 is 0 Å². The number of nitrogens with one attached hydrogen (secondary N) is 1. The molecule has 1 N–H and O–H groups in total. The van der Waals surface area contributed by atoms with Gasteiger partial charge in [-0.05, 0) is 30.7 Å². The summed E-state index contributed by atoms with van der Waals surface area (Å²) in [6.45, 7) is 1.95. The first-order chi connectivity index (χ1) is 8.15. The van der Waals surface area contributed by atoms with Gasteiger partial charge in [0.25, 0.3) is 5.91 Å². The molecular weight excluding hydrogens is 261 g/mol. The lowest BCUT2D eigenvalue weighted by atomic mass is 10.2. The summed E-state index contributed by atoms with van der Waals surface area (Å²) in [4.78, 5) is 11.5. The zero-order valence-corrected chi connectivity index (χ0v) is 11.1. The van der Waals surface area contributed by atoms with Gasteiger partial charge in [-0.3, -0.25) is 4.79 Å². The van der Waals surface area contributed by atoms with Crippen molar-refractivity contribution in [3.63, 3.8) is 0 Å². The van der Waals surface area contributed by atoms with Crippen LogP contribution in [0.25, 0.3) is 0 Å². The van der Waals surface area contributed by atoms with Crippen LogP contribution in [0.15, 0.2) is 24.3 Å². The van der Waals surface area contributed by atoms with Crippen molar-refractivity contribution in [2.24, 2.45) is 0 Å². The molecule has 0 aliphatic carbocycles. The van der Waals surface area contributed by atoms with Crippen molar-refractivity contribution < 1.29 is 9.53 Å². The van der Waals surface area contributed by atoms with Crippen molar-refractivity contribution in [1.29, 1.82) is 0 Å². The van der Waals surface area contributed by atoms with Crippen LogP contribution < -0.4 is 10.1 Å². The van der Waals surface area contributed by atoms with E-state index in [2.05, 4.69) is 5.32 Å². The number of alkyl halides is 1. The van der Waals surface area contributed by atoms with E-state index in [1.807, 2.05) is 6.92 Å². The Labute approximate surface area is 111 Å². The van der Waals surface area contributed by atoms with E-state index in [1.165, 1.54) is 0 Å². The first kappa shape index (κ1) is 14.1. The summed E-state index contributed by atoms with van der Waals surface area (Å²) in [6.07, 6.45) is 0.802. The zero-order chi connectivity index (χ0) is 12.7. The molecule has 0 bridgehead atoms. The van der Waals surface area contributed by atoms with Crippen LogP contribution in [-0.4, -0.2) is 24.4 Å². The maximum absolute atomic E-state index is 11.5. The number of rotatable bonds is 6. The Bertz CT molecular complexity index is 350. The van der Waals surface area contributed by atoms with Crippen molar-refractivity contribution in [2.45, 2.75) is 19.4 Å². The summed E-state index contributed by atoms with van der Waals surface area (Å²) in [5.74, 6) is 0.847. The molecule has 0 aromatic heterocycles. The molecule has 1 aromatic rings. The predicted molar refractivity (Wildman–Crippen MR) is 69.9 cm³/mol. The van der Waals surface area contributed by atoms with Gasteiger partial charge in [0, 0.05) is 16.9 Å². The molecule has 0 saturated carbocycles. The molecule has 17 heavy (non-hydrogen) atoms. The van der Waals surface area contributed by atoms with Gasteiger partial charge in [0.2, 0.25) is 0 Å². The quantitative estimate of drug-likeness (QED) is 0.811. The summed E-state index contributed by atoms with van der Waals surface area (Å²) in [5, 5.41) is 3.41. The molecule has 1 amide bonds. The molecule has 94 valence electrons. The maximum atomic E-state index is 11.5. The summed E-state index contributed by atoms with van der Waals surface area (Å²) >= 11 is 11.4. The molecule has 1 aromatic carbocycles. The van der Waals surface area contributed by atoms with Gasteiger partial charge in [-0.2, -0.15) is 0 Å². The Morgan fingerprint density at radius 2 is 2.06 bits per heavy atom. The van der Waals surface area contributed by atoms with E-state index in [4.69, 9.17) is 27.9 Å². The molecule has 3 nitrogen and oxygen atoms in total. The standard InChI is InChI=1S/C12H15Cl2NO2/c1-2-10(7-13)15-12(16)8-17-11-5-3-9(14)4-6-11/h3-6,10H,2,7-8H2,1H3,(H,15,16). The van der Waals surface area contributed by atoms with Gasteiger partial charge in [0.05, 0.1) is 0 Å². The number of benzene rings is 1. The Kier molecular flexibility index (Phi) is 6.16. The summed E-state index contributed by atoms with van der Waals surface area (Å²) < 4.78 is 5.30. The molecule has 1 rings (SSSR count). The van der Waals surface area contributed by atoms with Crippen molar-refractivity contribution in [3.05, 3.63) is 29.3 Å². The fraction of sp³-hybridized carbons (Fsp3) is 0.417. The fourth-order valence-electron chi connectivity index (χ4n) is 1.20. The fourth-order valence-corrected chi connectivity index (χ4v) is 1.62. The number of amides is 1. The third kappa shape index (κ3) is 5.29. The second-order valence-electron chi connectivity index (χ2n) is 3.57. The van der Waals surface area contributed by atoms with Crippen molar-refractivity contribution in [2.75, 3.05) is 12.5 Å². The number of carbonyl (C=O) groups is 1. The molecule has 0 heterocycles. The number of hydrogen-bond acceptors (Lipinski definition) is 2. The monoisotopic (exact) mass is 275 g/mol. The number of halogens is 2. The lowest BCUT2D eigenvalue weighted by Gasteiger charge is -2.14. The Balaban J connectivity index is 2.35. The molecule has 0 aliphatic heterocycles. The molecule has 0 fully saturated rings. The molecule has 0 spiro atoms. The zero-order valence-electron chi connectivity index (χ0n) is 9.58. The second-order valence-corrected chi connectivity index (χ2v) is 4.31. The average molecular weight is 276 g/mol. The highest BCUT2D eigenvalue weighted by Gasteiger charge is 2.09. The molecule has 0 aliphatic rings. The molecule has 1 atom stereocenters. The summed E-state index contributed by atoms with van der Waals surface area (Å²) in [6, 6.07) is 6.85.